The monoisotopic (exact) mass is 502 g/mol. The van der Waals surface area contributed by atoms with E-state index < -0.39 is 0 Å². The van der Waals surface area contributed by atoms with Crippen LogP contribution in [0.2, 0.25) is 0 Å². The molecule has 1 atom stereocenters. The van der Waals surface area contributed by atoms with E-state index in [1.807, 2.05) is 20.0 Å². The number of rotatable bonds is 11. The van der Waals surface area contributed by atoms with Gasteiger partial charge in [0.05, 0.1) is 18.4 Å². The van der Waals surface area contributed by atoms with Crippen LogP contribution in [-0.4, -0.2) is 56.5 Å². The number of nitrogens with one attached hydrogen (secondary N) is 1. The summed E-state index contributed by atoms with van der Waals surface area (Å²) in [6.45, 7) is 2.23. The molecular formula is C28H42N2O4S. The minimum absolute atomic E-state index is 0.0486. The summed E-state index contributed by atoms with van der Waals surface area (Å²) < 4.78 is 11.1. The maximum absolute atomic E-state index is 13.0. The second kappa shape index (κ2) is 13.2. The van der Waals surface area contributed by atoms with Gasteiger partial charge >= 0.3 is 5.97 Å². The number of carbonyl (C=O) groups excluding carboxylic acids is 2. The Kier molecular flexibility index (Phi) is 10.4. The Morgan fingerprint density at radius 1 is 1.26 bits per heavy atom. The molecule has 0 saturated carbocycles. The lowest BCUT2D eigenvalue weighted by Gasteiger charge is -2.19. The molecule has 1 amide bonds. The Bertz CT molecular complexity index is 934. The molecule has 3 rings (SSSR count). The molecule has 0 radical (unpaired) electrons. The lowest BCUT2D eigenvalue weighted by atomic mass is 9.93. The van der Waals surface area contributed by atoms with Gasteiger partial charge in [-0.3, -0.25) is 4.79 Å². The number of hydrogen-bond acceptors (Lipinski definition) is 6. The molecule has 35 heavy (non-hydrogen) atoms. The van der Waals surface area contributed by atoms with Crippen LogP contribution < -0.4 is 10.1 Å². The summed E-state index contributed by atoms with van der Waals surface area (Å²) in [5, 5.41) is 3.19. The topological polar surface area (TPSA) is 67.9 Å². The summed E-state index contributed by atoms with van der Waals surface area (Å²) in [5.74, 6) is 3.99. The van der Waals surface area contributed by atoms with Gasteiger partial charge in [0, 0.05) is 37.8 Å². The lowest BCUT2D eigenvalue weighted by molar-refractivity contribution is -0.124. The minimum atomic E-state index is -0.308. The van der Waals surface area contributed by atoms with Gasteiger partial charge in [0.2, 0.25) is 5.91 Å². The van der Waals surface area contributed by atoms with Crippen molar-refractivity contribution in [3.63, 3.8) is 0 Å². The third-order valence-electron chi connectivity index (χ3n) is 7.22. The summed E-state index contributed by atoms with van der Waals surface area (Å²) in [6, 6.07) is 0. The van der Waals surface area contributed by atoms with Crippen molar-refractivity contribution in [1.29, 1.82) is 0 Å². The highest BCUT2D eigenvalue weighted by atomic mass is 32.2. The van der Waals surface area contributed by atoms with E-state index in [2.05, 4.69) is 17.1 Å². The van der Waals surface area contributed by atoms with Gasteiger partial charge < -0.3 is 19.7 Å². The Balaban J connectivity index is 1.72. The van der Waals surface area contributed by atoms with Gasteiger partial charge in [-0.05, 0) is 68.4 Å². The molecule has 6 nitrogen and oxygen atoms in total. The van der Waals surface area contributed by atoms with Crippen molar-refractivity contribution in [2.45, 2.75) is 71.3 Å². The predicted molar refractivity (Wildman–Crippen MR) is 145 cm³/mol. The molecule has 0 spiro atoms. The molecule has 0 bridgehead atoms. The Labute approximate surface area is 215 Å². The van der Waals surface area contributed by atoms with Gasteiger partial charge in [-0.2, -0.15) is 11.8 Å². The third kappa shape index (κ3) is 6.75. The number of benzene rings is 1. The Morgan fingerprint density at radius 2 is 2.06 bits per heavy atom. The number of ether oxygens (including phenoxy) is 2. The number of nitrogens with zero attached hydrogens (tertiary/aromatic N) is 1. The lowest BCUT2D eigenvalue weighted by Crippen LogP contribution is -2.23. The maximum atomic E-state index is 13.0. The number of esters is 1. The van der Waals surface area contributed by atoms with E-state index in [0.717, 1.165) is 58.9 Å². The number of likely N-dealkylation sites (N-methyl/N-ethyl adjacent to an activating group) is 1. The fourth-order valence-electron chi connectivity index (χ4n) is 5.26. The molecule has 194 valence electrons. The molecule has 0 aliphatic carbocycles. The van der Waals surface area contributed by atoms with E-state index in [9.17, 15) is 9.59 Å². The molecule has 1 fully saturated rings. The zero-order valence-corrected chi connectivity index (χ0v) is 22.9. The van der Waals surface area contributed by atoms with Crippen LogP contribution in [0.3, 0.4) is 0 Å². The molecular weight excluding hydrogens is 460 g/mol. The van der Waals surface area contributed by atoms with Crippen LogP contribution in [0.15, 0.2) is 11.6 Å². The fourth-order valence-corrected chi connectivity index (χ4v) is 6.50. The van der Waals surface area contributed by atoms with E-state index in [-0.39, 0.29) is 18.5 Å². The average molecular weight is 503 g/mol. The molecule has 2 aliphatic heterocycles. The second-order valence-corrected chi connectivity index (χ2v) is 11.0. The van der Waals surface area contributed by atoms with Gasteiger partial charge in [-0.15, -0.1) is 0 Å². The van der Waals surface area contributed by atoms with Crippen LogP contribution >= 0.6 is 11.8 Å². The van der Waals surface area contributed by atoms with Gasteiger partial charge in [0.25, 0.3) is 0 Å². The van der Waals surface area contributed by atoms with E-state index in [1.165, 1.54) is 43.6 Å². The summed E-state index contributed by atoms with van der Waals surface area (Å²) in [4.78, 5) is 27.1. The van der Waals surface area contributed by atoms with Gasteiger partial charge in [0.1, 0.15) is 12.4 Å². The number of hydrogen-bond donors (Lipinski definition) is 1. The standard InChI is InChI=1S/C28H42N2O4S/c1-19-23-17-34-28(32)24(23)25(29-2)22(26(19)33-5)15-14-21(27(31)30(3)4)13-8-6-7-11-20-12-9-10-16-35-18-20/h14,20,29H,6-13,15-18H2,1-5H3. The molecule has 1 unspecified atom stereocenters. The predicted octanol–water partition coefficient (Wildman–Crippen LogP) is 5.76. The number of allylic oxidation sites excluding steroid dienone is 1. The Morgan fingerprint density at radius 3 is 2.77 bits per heavy atom. The first-order chi connectivity index (χ1) is 16.9. The van der Waals surface area contributed by atoms with Crippen molar-refractivity contribution in [3.05, 3.63) is 33.9 Å². The minimum Gasteiger partial charge on any atom is -0.496 e. The van der Waals surface area contributed by atoms with Crippen LogP contribution in [0.5, 0.6) is 5.75 Å². The first-order valence-electron chi connectivity index (χ1n) is 12.9. The van der Waals surface area contributed by atoms with Crippen LogP contribution in [0.1, 0.15) is 78.4 Å². The van der Waals surface area contributed by atoms with Crippen molar-refractivity contribution < 1.29 is 19.1 Å². The smallest absolute Gasteiger partial charge is 0.341 e. The molecule has 2 heterocycles. The van der Waals surface area contributed by atoms with Crippen molar-refractivity contribution in [2.75, 3.05) is 45.1 Å². The highest BCUT2D eigenvalue weighted by molar-refractivity contribution is 7.99. The second-order valence-electron chi connectivity index (χ2n) is 9.86. The third-order valence-corrected chi connectivity index (χ3v) is 8.51. The summed E-state index contributed by atoms with van der Waals surface area (Å²) in [7, 11) is 7.06. The SMILES string of the molecule is CNc1c(CC=C(CCCCCC2CCCCSC2)C(=O)N(C)C)c(OC)c(C)c2c1C(=O)OC2. The molecule has 2 aliphatic rings. The number of anilines is 1. The molecule has 1 aromatic rings. The van der Waals surface area contributed by atoms with E-state index >= 15 is 0 Å². The number of unbranched alkanes of at least 4 members (excludes halogenated alkanes) is 2. The van der Waals surface area contributed by atoms with Crippen LogP contribution in [0, 0.1) is 12.8 Å². The summed E-state index contributed by atoms with van der Waals surface area (Å²) in [6.07, 6.45) is 12.1. The molecule has 7 heteroatoms. The van der Waals surface area contributed by atoms with Gasteiger partial charge in [-0.1, -0.05) is 25.3 Å². The number of thioether (sulfide) groups is 1. The molecule has 1 saturated heterocycles. The van der Waals surface area contributed by atoms with E-state index in [1.54, 1.807) is 26.1 Å². The quantitative estimate of drug-likeness (QED) is 0.236. The zero-order valence-electron chi connectivity index (χ0n) is 22.1. The first kappa shape index (κ1) is 27.4. The van der Waals surface area contributed by atoms with Crippen LogP contribution in [0.25, 0.3) is 0 Å². The first-order valence-corrected chi connectivity index (χ1v) is 14.1. The molecule has 0 aromatic heterocycles. The van der Waals surface area contributed by atoms with Crippen LogP contribution in [0.4, 0.5) is 5.69 Å². The number of amides is 1. The molecule has 1 N–H and O–H groups in total. The van der Waals surface area contributed by atoms with Crippen LogP contribution in [-0.2, 0) is 22.6 Å². The fraction of sp³-hybridized carbons (Fsp3) is 0.643. The number of methoxy groups -OCH3 is 1. The average Bonchev–Trinajstić information content (AvgIpc) is 3.05. The van der Waals surface area contributed by atoms with Gasteiger partial charge in [0.15, 0.2) is 0 Å². The summed E-state index contributed by atoms with van der Waals surface area (Å²) >= 11 is 2.11. The van der Waals surface area contributed by atoms with Gasteiger partial charge in [-0.25, -0.2) is 4.79 Å². The van der Waals surface area contributed by atoms with E-state index in [4.69, 9.17) is 9.47 Å². The van der Waals surface area contributed by atoms with Crippen molar-refractivity contribution >= 4 is 29.3 Å². The van der Waals surface area contributed by atoms with Crippen molar-refractivity contribution in [2.24, 2.45) is 5.92 Å². The normalized spacial score (nSPS) is 18.0. The highest BCUT2D eigenvalue weighted by Crippen LogP contribution is 2.41. The van der Waals surface area contributed by atoms with Crippen molar-refractivity contribution in [3.8, 4) is 5.75 Å². The van der Waals surface area contributed by atoms with E-state index in [0.29, 0.717) is 12.0 Å². The number of carbonyl (C=O) groups is 2. The summed E-state index contributed by atoms with van der Waals surface area (Å²) in [5.41, 5.74) is 4.84. The zero-order chi connectivity index (χ0) is 25.4. The molecule has 1 aromatic carbocycles. The number of cyclic esters (lactones) is 1. The Hall–Kier alpha value is -2.15. The largest absolute Gasteiger partial charge is 0.496 e. The number of fused-ring (bicyclic) bond motifs is 1. The van der Waals surface area contributed by atoms with Crippen molar-refractivity contribution in [1.82, 2.24) is 4.90 Å². The highest BCUT2D eigenvalue weighted by Gasteiger charge is 2.31. The maximum Gasteiger partial charge on any atom is 0.341 e.